The van der Waals surface area contributed by atoms with Gasteiger partial charge in [0.1, 0.15) is 0 Å². The molecule has 2 nitrogen and oxygen atoms in total. The van der Waals surface area contributed by atoms with Gasteiger partial charge in [-0.05, 0) is 49.6 Å². The Morgan fingerprint density at radius 2 is 2.37 bits per heavy atom. The number of hydrogen-bond donors (Lipinski definition) is 1. The Kier molecular flexibility index (Phi) is 4.01. The van der Waals surface area contributed by atoms with Gasteiger partial charge in [-0.1, -0.05) is 6.07 Å². The highest BCUT2D eigenvalue weighted by Gasteiger charge is 2.40. The van der Waals surface area contributed by atoms with Gasteiger partial charge in [0, 0.05) is 28.2 Å². The van der Waals surface area contributed by atoms with E-state index in [0.717, 1.165) is 18.7 Å². The van der Waals surface area contributed by atoms with Gasteiger partial charge in [-0.25, -0.2) is 0 Å². The van der Waals surface area contributed by atoms with Gasteiger partial charge in [-0.2, -0.15) is 11.8 Å². The summed E-state index contributed by atoms with van der Waals surface area (Å²) in [6.07, 6.45) is 3.58. The van der Waals surface area contributed by atoms with Crippen LogP contribution in [-0.2, 0) is 4.74 Å². The number of thioether (sulfide) groups is 2. The molecule has 19 heavy (non-hydrogen) atoms. The highest BCUT2D eigenvalue weighted by Crippen LogP contribution is 2.43. The first kappa shape index (κ1) is 13.7. The molecule has 0 amide bonds. The van der Waals surface area contributed by atoms with Crippen LogP contribution >= 0.6 is 23.5 Å². The van der Waals surface area contributed by atoms with Crippen molar-refractivity contribution in [2.75, 3.05) is 23.8 Å². The molecule has 2 atom stereocenters. The van der Waals surface area contributed by atoms with Crippen molar-refractivity contribution in [2.45, 2.75) is 41.9 Å². The number of hydrogen-bond acceptors (Lipinski definition) is 4. The van der Waals surface area contributed by atoms with Gasteiger partial charge >= 0.3 is 0 Å². The third kappa shape index (κ3) is 2.91. The zero-order valence-corrected chi connectivity index (χ0v) is 13.0. The summed E-state index contributed by atoms with van der Waals surface area (Å²) in [7, 11) is 0. The van der Waals surface area contributed by atoms with Crippen LogP contribution < -0.4 is 5.73 Å². The first-order valence-corrected chi connectivity index (χ1v) is 8.95. The molecule has 3 rings (SSSR count). The average molecular weight is 295 g/mol. The maximum absolute atomic E-state index is 6.09. The van der Waals surface area contributed by atoms with E-state index in [-0.39, 0.29) is 5.60 Å². The van der Waals surface area contributed by atoms with Crippen molar-refractivity contribution >= 4 is 29.2 Å². The van der Waals surface area contributed by atoms with E-state index >= 15 is 0 Å². The Bertz CT molecular complexity index is 457. The van der Waals surface area contributed by atoms with Crippen molar-refractivity contribution in [2.24, 2.45) is 0 Å². The zero-order chi connectivity index (χ0) is 13.3. The van der Waals surface area contributed by atoms with Crippen LogP contribution in [0.25, 0.3) is 0 Å². The third-order valence-electron chi connectivity index (χ3n) is 4.13. The molecule has 0 saturated carbocycles. The van der Waals surface area contributed by atoms with Gasteiger partial charge in [0.25, 0.3) is 0 Å². The van der Waals surface area contributed by atoms with E-state index in [9.17, 15) is 0 Å². The molecular weight excluding hydrogens is 274 g/mol. The fourth-order valence-corrected chi connectivity index (χ4v) is 5.68. The number of nitrogens with two attached hydrogens (primary N) is 1. The van der Waals surface area contributed by atoms with Crippen molar-refractivity contribution in [3.63, 3.8) is 0 Å². The maximum atomic E-state index is 6.09. The highest BCUT2D eigenvalue weighted by molar-refractivity contribution is 8.00. The minimum Gasteiger partial charge on any atom is -0.398 e. The van der Waals surface area contributed by atoms with Crippen LogP contribution in [0.4, 0.5) is 5.69 Å². The minimum absolute atomic E-state index is 0.175. The molecule has 2 fully saturated rings. The van der Waals surface area contributed by atoms with E-state index in [2.05, 4.69) is 19.1 Å². The van der Waals surface area contributed by atoms with Gasteiger partial charge in [0.05, 0.1) is 5.60 Å². The first-order valence-electron chi connectivity index (χ1n) is 6.92. The largest absolute Gasteiger partial charge is 0.398 e. The SMILES string of the molecule is Cc1c(N)cccc1SC1CCOC2(CCSC2)C1. The molecule has 1 spiro atoms. The number of ether oxygens (including phenoxy) is 1. The van der Waals surface area contributed by atoms with Crippen molar-refractivity contribution in [1.82, 2.24) is 0 Å². The summed E-state index contributed by atoms with van der Waals surface area (Å²) in [4.78, 5) is 1.34. The quantitative estimate of drug-likeness (QED) is 0.843. The lowest BCUT2D eigenvalue weighted by molar-refractivity contribution is -0.0562. The van der Waals surface area contributed by atoms with Gasteiger partial charge < -0.3 is 10.5 Å². The normalized spacial score (nSPS) is 30.9. The Hall–Kier alpha value is -0.320. The predicted molar refractivity (Wildman–Crippen MR) is 85.1 cm³/mol. The Morgan fingerprint density at radius 3 is 3.16 bits per heavy atom. The average Bonchev–Trinajstić information content (AvgIpc) is 2.83. The molecule has 0 aliphatic carbocycles. The first-order chi connectivity index (χ1) is 9.19. The van der Waals surface area contributed by atoms with E-state index in [1.54, 1.807) is 0 Å². The summed E-state index contributed by atoms with van der Waals surface area (Å²) in [5.41, 5.74) is 8.31. The van der Waals surface area contributed by atoms with Crippen LogP contribution in [0.15, 0.2) is 23.1 Å². The van der Waals surface area contributed by atoms with Crippen LogP contribution in [0.1, 0.15) is 24.8 Å². The molecule has 1 aromatic carbocycles. The summed E-state index contributed by atoms with van der Waals surface area (Å²) in [6.45, 7) is 3.04. The molecule has 0 aromatic heterocycles. The lowest BCUT2D eigenvalue weighted by Crippen LogP contribution is -2.40. The molecule has 0 bridgehead atoms. The smallest absolute Gasteiger partial charge is 0.0791 e. The predicted octanol–water partition coefficient (Wildman–Crippen LogP) is 3.72. The van der Waals surface area contributed by atoms with Crippen molar-refractivity contribution < 1.29 is 4.74 Å². The maximum Gasteiger partial charge on any atom is 0.0791 e. The lowest BCUT2D eigenvalue weighted by atomic mass is 9.93. The van der Waals surface area contributed by atoms with E-state index in [4.69, 9.17) is 10.5 Å². The summed E-state index contributed by atoms with van der Waals surface area (Å²) in [5.74, 6) is 2.44. The fraction of sp³-hybridized carbons (Fsp3) is 0.600. The molecule has 104 valence electrons. The van der Waals surface area contributed by atoms with Gasteiger partial charge in [0.2, 0.25) is 0 Å². The van der Waals surface area contributed by atoms with E-state index in [1.807, 2.05) is 29.6 Å². The van der Waals surface area contributed by atoms with Crippen molar-refractivity contribution in [3.05, 3.63) is 23.8 Å². The molecular formula is C15H21NOS2. The van der Waals surface area contributed by atoms with Crippen LogP contribution in [0.3, 0.4) is 0 Å². The van der Waals surface area contributed by atoms with Gasteiger partial charge in [-0.15, -0.1) is 11.8 Å². The van der Waals surface area contributed by atoms with Crippen molar-refractivity contribution in [3.8, 4) is 0 Å². The summed E-state index contributed by atoms with van der Waals surface area (Å²) in [6, 6.07) is 6.24. The van der Waals surface area contributed by atoms with Crippen LogP contribution in [0.5, 0.6) is 0 Å². The van der Waals surface area contributed by atoms with Gasteiger partial charge in [-0.3, -0.25) is 0 Å². The molecule has 2 aliphatic heterocycles. The summed E-state index contributed by atoms with van der Waals surface area (Å²) < 4.78 is 6.09. The Labute approximate surface area is 123 Å². The van der Waals surface area contributed by atoms with Crippen LogP contribution in [0, 0.1) is 6.92 Å². The van der Waals surface area contributed by atoms with Crippen molar-refractivity contribution in [1.29, 1.82) is 0 Å². The number of rotatable bonds is 2. The summed E-state index contributed by atoms with van der Waals surface area (Å²) in [5, 5.41) is 0.674. The molecule has 2 saturated heterocycles. The molecule has 0 radical (unpaired) electrons. The lowest BCUT2D eigenvalue weighted by Gasteiger charge is -2.37. The highest BCUT2D eigenvalue weighted by atomic mass is 32.2. The molecule has 1 aromatic rings. The van der Waals surface area contributed by atoms with E-state index < -0.39 is 0 Å². The fourth-order valence-electron chi connectivity index (χ4n) is 2.89. The monoisotopic (exact) mass is 295 g/mol. The third-order valence-corrected chi connectivity index (χ3v) is 6.79. The molecule has 2 aliphatic rings. The minimum atomic E-state index is 0.175. The Balaban J connectivity index is 1.71. The second-order valence-electron chi connectivity index (χ2n) is 5.54. The topological polar surface area (TPSA) is 35.2 Å². The van der Waals surface area contributed by atoms with E-state index in [1.165, 1.54) is 34.8 Å². The number of benzene rings is 1. The second-order valence-corrected chi connectivity index (χ2v) is 7.98. The van der Waals surface area contributed by atoms with Crippen LogP contribution in [-0.4, -0.2) is 29.0 Å². The van der Waals surface area contributed by atoms with E-state index in [0.29, 0.717) is 5.25 Å². The molecule has 2 N–H and O–H groups in total. The molecule has 4 heteroatoms. The standard InChI is InChI=1S/C15H21NOS2/c1-11-13(16)3-2-4-14(11)19-12-5-7-17-15(9-12)6-8-18-10-15/h2-4,12H,5-10,16H2,1H3. The van der Waals surface area contributed by atoms with Crippen LogP contribution in [0.2, 0.25) is 0 Å². The second kappa shape index (κ2) is 5.58. The summed E-state index contributed by atoms with van der Waals surface area (Å²) >= 11 is 4.04. The zero-order valence-electron chi connectivity index (χ0n) is 11.4. The molecule has 2 heterocycles. The van der Waals surface area contributed by atoms with Gasteiger partial charge in [0.15, 0.2) is 0 Å². The number of anilines is 1. The molecule has 2 unspecified atom stereocenters. The number of nitrogen functional groups attached to an aromatic ring is 1. The Morgan fingerprint density at radius 1 is 1.47 bits per heavy atom.